The molecule has 1 aromatic carbocycles. The molecule has 0 aliphatic heterocycles. The summed E-state index contributed by atoms with van der Waals surface area (Å²) in [5, 5.41) is 0. The maximum absolute atomic E-state index is 4.42. The Morgan fingerprint density at radius 2 is 1.95 bits per heavy atom. The van der Waals surface area contributed by atoms with Crippen LogP contribution in [-0.2, 0) is 13.0 Å². The number of imidazole rings is 1. The Bertz CT molecular complexity index is 700. The van der Waals surface area contributed by atoms with Gasteiger partial charge in [0.25, 0.3) is 0 Å². The largest absolute Gasteiger partial charge is 0.311 e. The first-order chi connectivity index (χ1) is 9.38. The molecule has 0 aliphatic carbocycles. The van der Waals surface area contributed by atoms with Crippen LogP contribution in [0.5, 0.6) is 0 Å². The molecule has 4 nitrogen and oxygen atoms in total. The van der Waals surface area contributed by atoms with Crippen molar-refractivity contribution in [1.29, 1.82) is 0 Å². The SMILES string of the molecule is C=CCc1ncnc2c1ncn2Cc1ccccc1. The van der Waals surface area contributed by atoms with Crippen LogP contribution in [0.4, 0.5) is 0 Å². The first-order valence-electron chi connectivity index (χ1n) is 6.18. The highest BCUT2D eigenvalue weighted by Crippen LogP contribution is 2.15. The van der Waals surface area contributed by atoms with E-state index in [9.17, 15) is 0 Å². The van der Waals surface area contributed by atoms with Gasteiger partial charge in [-0.05, 0) is 5.56 Å². The molecule has 0 spiro atoms. The molecule has 0 fully saturated rings. The number of hydrogen-bond donors (Lipinski definition) is 0. The molecule has 2 aromatic heterocycles. The number of allylic oxidation sites excluding steroid dienone is 1. The predicted octanol–water partition coefficient (Wildman–Crippen LogP) is 2.60. The molecular weight excluding hydrogens is 236 g/mol. The summed E-state index contributed by atoms with van der Waals surface area (Å²) in [7, 11) is 0. The molecule has 4 heteroatoms. The lowest BCUT2D eigenvalue weighted by molar-refractivity contribution is 0.812. The van der Waals surface area contributed by atoms with Crippen molar-refractivity contribution in [3.8, 4) is 0 Å². The minimum absolute atomic E-state index is 0.710. The van der Waals surface area contributed by atoms with Crippen LogP contribution in [0.1, 0.15) is 11.3 Å². The lowest BCUT2D eigenvalue weighted by Gasteiger charge is -2.04. The number of fused-ring (bicyclic) bond motifs is 1. The highest BCUT2D eigenvalue weighted by molar-refractivity contribution is 5.73. The van der Waals surface area contributed by atoms with Crippen LogP contribution in [-0.4, -0.2) is 19.5 Å². The van der Waals surface area contributed by atoms with Gasteiger partial charge in [-0.25, -0.2) is 15.0 Å². The van der Waals surface area contributed by atoms with E-state index in [2.05, 4.69) is 33.7 Å². The number of rotatable bonds is 4. The standard InChI is InChI=1S/C15H14N4/c1-2-6-13-14-15(17-10-16-13)19(11-18-14)9-12-7-4-3-5-8-12/h2-5,7-8,10-11H,1,6,9H2. The Kier molecular flexibility index (Phi) is 3.06. The molecule has 0 aliphatic rings. The summed E-state index contributed by atoms with van der Waals surface area (Å²) in [6, 6.07) is 10.3. The van der Waals surface area contributed by atoms with E-state index in [1.807, 2.05) is 35.2 Å². The molecule has 0 saturated heterocycles. The fraction of sp³-hybridized carbons (Fsp3) is 0.133. The lowest BCUT2D eigenvalue weighted by atomic mass is 10.2. The Labute approximate surface area is 111 Å². The summed E-state index contributed by atoms with van der Waals surface area (Å²) in [5.74, 6) is 0. The van der Waals surface area contributed by atoms with Crippen LogP contribution in [0, 0.1) is 0 Å². The van der Waals surface area contributed by atoms with E-state index in [1.54, 1.807) is 6.33 Å². The van der Waals surface area contributed by atoms with Crippen molar-refractivity contribution >= 4 is 11.2 Å². The van der Waals surface area contributed by atoms with Crippen LogP contribution in [0.2, 0.25) is 0 Å². The topological polar surface area (TPSA) is 43.6 Å². The minimum atomic E-state index is 0.710. The summed E-state index contributed by atoms with van der Waals surface area (Å²) < 4.78 is 2.04. The van der Waals surface area contributed by atoms with Gasteiger partial charge in [0.05, 0.1) is 18.6 Å². The Balaban J connectivity index is 2.01. The molecular formula is C15H14N4. The van der Waals surface area contributed by atoms with Crippen LogP contribution in [0.25, 0.3) is 11.2 Å². The summed E-state index contributed by atoms with van der Waals surface area (Å²) in [6.07, 6.45) is 5.95. The van der Waals surface area contributed by atoms with Gasteiger partial charge in [0.15, 0.2) is 5.65 Å². The molecule has 0 radical (unpaired) electrons. The molecule has 0 N–H and O–H groups in total. The summed E-state index contributed by atoms with van der Waals surface area (Å²) >= 11 is 0. The van der Waals surface area contributed by atoms with Crippen LogP contribution in [0.3, 0.4) is 0 Å². The van der Waals surface area contributed by atoms with Crippen LogP contribution >= 0.6 is 0 Å². The van der Waals surface area contributed by atoms with Crippen molar-refractivity contribution < 1.29 is 0 Å². The zero-order chi connectivity index (χ0) is 13.1. The predicted molar refractivity (Wildman–Crippen MR) is 74.8 cm³/mol. The Hall–Kier alpha value is -2.49. The molecule has 0 saturated carbocycles. The molecule has 0 atom stereocenters. The third kappa shape index (κ3) is 2.25. The Morgan fingerprint density at radius 1 is 1.11 bits per heavy atom. The summed E-state index contributed by atoms with van der Waals surface area (Å²) in [4.78, 5) is 13.0. The van der Waals surface area contributed by atoms with Crippen molar-refractivity contribution in [2.45, 2.75) is 13.0 Å². The van der Waals surface area contributed by atoms with E-state index in [-0.39, 0.29) is 0 Å². The fourth-order valence-electron chi connectivity index (χ4n) is 2.11. The van der Waals surface area contributed by atoms with Gasteiger partial charge in [0.2, 0.25) is 0 Å². The zero-order valence-corrected chi connectivity index (χ0v) is 10.5. The second-order valence-electron chi connectivity index (χ2n) is 4.34. The molecule has 0 amide bonds. The van der Waals surface area contributed by atoms with E-state index >= 15 is 0 Å². The molecule has 0 unspecified atom stereocenters. The lowest BCUT2D eigenvalue weighted by Crippen LogP contribution is -2.00. The number of hydrogen-bond acceptors (Lipinski definition) is 3. The van der Waals surface area contributed by atoms with E-state index in [0.717, 1.165) is 23.4 Å². The summed E-state index contributed by atoms with van der Waals surface area (Å²) in [5.41, 5.74) is 3.88. The molecule has 3 aromatic rings. The van der Waals surface area contributed by atoms with Crippen molar-refractivity contribution in [3.05, 3.63) is 66.9 Å². The van der Waals surface area contributed by atoms with E-state index in [1.165, 1.54) is 5.56 Å². The van der Waals surface area contributed by atoms with Gasteiger partial charge in [-0.2, -0.15) is 0 Å². The highest BCUT2D eigenvalue weighted by atomic mass is 15.1. The van der Waals surface area contributed by atoms with Gasteiger partial charge in [0.1, 0.15) is 11.8 Å². The van der Waals surface area contributed by atoms with Crippen molar-refractivity contribution in [2.75, 3.05) is 0 Å². The number of nitrogens with zero attached hydrogens (tertiary/aromatic N) is 4. The molecule has 0 bridgehead atoms. The average molecular weight is 250 g/mol. The second kappa shape index (κ2) is 5.02. The fourth-order valence-corrected chi connectivity index (χ4v) is 2.11. The minimum Gasteiger partial charge on any atom is -0.311 e. The van der Waals surface area contributed by atoms with Gasteiger partial charge < -0.3 is 4.57 Å². The maximum atomic E-state index is 4.42. The van der Waals surface area contributed by atoms with E-state index in [4.69, 9.17) is 0 Å². The van der Waals surface area contributed by atoms with Crippen molar-refractivity contribution in [2.24, 2.45) is 0 Å². The zero-order valence-electron chi connectivity index (χ0n) is 10.5. The van der Waals surface area contributed by atoms with Gasteiger partial charge in [0, 0.05) is 6.42 Å². The third-order valence-corrected chi connectivity index (χ3v) is 3.01. The van der Waals surface area contributed by atoms with E-state index < -0.39 is 0 Å². The summed E-state index contributed by atoms with van der Waals surface area (Å²) in [6.45, 7) is 4.51. The van der Waals surface area contributed by atoms with E-state index in [0.29, 0.717) is 6.42 Å². The highest BCUT2D eigenvalue weighted by Gasteiger charge is 2.08. The monoisotopic (exact) mass is 250 g/mol. The van der Waals surface area contributed by atoms with Gasteiger partial charge in [-0.15, -0.1) is 6.58 Å². The average Bonchev–Trinajstić information content (AvgIpc) is 2.85. The van der Waals surface area contributed by atoms with Gasteiger partial charge in [-0.3, -0.25) is 0 Å². The second-order valence-corrected chi connectivity index (χ2v) is 4.34. The molecule has 2 heterocycles. The molecule has 94 valence electrons. The maximum Gasteiger partial charge on any atom is 0.163 e. The first kappa shape index (κ1) is 11.6. The molecule has 19 heavy (non-hydrogen) atoms. The number of aromatic nitrogens is 4. The molecule has 3 rings (SSSR count). The van der Waals surface area contributed by atoms with Crippen molar-refractivity contribution in [1.82, 2.24) is 19.5 Å². The normalized spacial score (nSPS) is 10.7. The number of benzene rings is 1. The Morgan fingerprint density at radius 3 is 2.74 bits per heavy atom. The third-order valence-electron chi connectivity index (χ3n) is 3.01. The first-order valence-corrected chi connectivity index (χ1v) is 6.18. The van der Waals surface area contributed by atoms with Crippen LogP contribution in [0.15, 0.2) is 55.6 Å². The van der Waals surface area contributed by atoms with Crippen LogP contribution < -0.4 is 0 Å². The quantitative estimate of drug-likeness (QED) is 0.668. The smallest absolute Gasteiger partial charge is 0.163 e. The van der Waals surface area contributed by atoms with Crippen molar-refractivity contribution in [3.63, 3.8) is 0 Å². The van der Waals surface area contributed by atoms with Gasteiger partial charge in [-0.1, -0.05) is 36.4 Å². The van der Waals surface area contributed by atoms with Gasteiger partial charge >= 0.3 is 0 Å².